The minimum atomic E-state index is -0.664. The van der Waals surface area contributed by atoms with Gasteiger partial charge in [-0.2, -0.15) is 0 Å². The summed E-state index contributed by atoms with van der Waals surface area (Å²) >= 11 is 5.56. The average molecular weight is 242 g/mol. The minimum absolute atomic E-state index is 0.0573. The van der Waals surface area contributed by atoms with Gasteiger partial charge in [-0.25, -0.2) is 18.7 Å². The second kappa shape index (κ2) is 4.40. The molecule has 0 spiro atoms. The molecule has 0 unspecified atom stereocenters. The highest BCUT2D eigenvalue weighted by molar-refractivity contribution is 6.28. The third-order valence-corrected chi connectivity index (χ3v) is 1.94. The third kappa shape index (κ3) is 2.64. The van der Waals surface area contributed by atoms with Gasteiger partial charge in [-0.3, -0.25) is 0 Å². The molecule has 0 amide bonds. The molecule has 0 atom stereocenters. The van der Waals surface area contributed by atoms with Gasteiger partial charge in [0.15, 0.2) is 0 Å². The van der Waals surface area contributed by atoms with Gasteiger partial charge in [0.2, 0.25) is 5.28 Å². The summed E-state index contributed by atoms with van der Waals surface area (Å²) in [7, 11) is 0. The van der Waals surface area contributed by atoms with Crippen LogP contribution in [0.5, 0.6) is 0 Å². The van der Waals surface area contributed by atoms with E-state index in [1.54, 1.807) is 0 Å². The average Bonchev–Trinajstić information content (AvgIpc) is 2.15. The van der Waals surface area contributed by atoms with Gasteiger partial charge in [-0.15, -0.1) is 0 Å². The smallest absolute Gasteiger partial charge is 0.224 e. The molecule has 16 heavy (non-hydrogen) atoms. The zero-order chi connectivity index (χ0) is 11.5. The van der Waals surface area contributed by atoms with E-state index in [2.05, 4.69) is 15.3 Å². The van der Waals surface area contributed by atoms with Gasteiger partial charge < -0.3 is 5.32 Å². The molecule has 0 radical (unpaired) electrons. The first-order chi connectivity index (χ1) is 7.63. The lowest BCUT2D eigenvalue weighted by Crippen LogP contribution is -1.95. The molecule has 0 aliphatic rings. The molecule has 3 nitrogen and oxygen atoms in total. The zero-order valence-corrected chi connectivity index (χ0v) is 8.67. The fourth-order valence-electron chi connectivity index (χ4n) is 1.18. The molecule has 0 saturated carbocycles. The van der Waals surface area contributed by atoms with Crippen molar-refractivity contribution in [3.63, 3.8) is 0 Å². The molecule has 2 aromatic rings. The number of nitrogens with zero attached hydrogens (tertiary/aromatic N) is 2. The maximum Gasteiger partial charge on any atom is 0.224 e. The van der Waals surface area contributed by atoms with Crippen LogP contribution in [0.3, 0.4) is 0 Å². The van der Waals surface area contributed by atoms with Crippen LogP contribution >= 0.6 is 11.6 Å². The van der Waals surface area contributed by atoms with Gasteiger partial charge in [0.05, 0.1) is 0 Å². The summed E-state index contributed by atoms with van der Waals surface area (Å²) in [5, 5.41) is 2.77. The third-order valence-electron chi connectivity index (χ3n) is 1.76. The van der Waals surface area contributed by atoms with Crippen molar-refractivity contribution in [2.75, 3.05) is 5.32 Å². The fraction of sp³-hybridized carbons (Fsp3) is 0. The van der Waals surface area contributed by atoms with E-state index in [1.165, 1.54) is 12.3 Å². The zero-order valence-electron chi connectivity index (χ0n) is 7.92. The Morgan fingerprint density at radius 3 is 2.44 bits per heavy atom. The van der Waals surface area contributed by atoms with Crippen molar-refractivity contribution in [1.82, 2.24) is 9.97 Å². The van der Waals surface area contributed by atoms with Gasteiger partial charge >= 0.3 is 0 Å². The van der Waals surface area contributed by atoms with Crippen LogP contribution in [0.4, 0.5) is 20.3 Å². The lowest BCUT2D eigenvalue weighted by Gasteiger charge is -2.05. The Hall–Kier alpha value is -1.75. The molecule has 1 heterocycles. The van der Waals surface area contributed by atoms with Gasteiger partial charge in [-0.1, -0.05) is 0 Å². The minimum Gasteiger partial charge on any atom is -0.340 e. The number of nitrogens with one attached hydrogen (secondary N) is 1. The number of hydrogen-bond acceptors (Lipinski definition) is 3. The van der Waals surface area contributed by atoms with E-state index in [9.17, 15) is 8.78 Å². The molecular weight excluding hydrogens is 236 g/mol. The van der Waals surface area contributed by atoms with E-state index >= 15 is 0 Å². The van der Waals surface area contributed by atoms with Gasteiger partial charge in [0.1, 0.15) is 17.5 Å². The second-order valence-electron chi connectivity index (χ2n) is 2.99. The number of halogens is 3. The lowest BCUT2D eigenvalue weighted by molar-refractivity contribution is 0.584. The van der Waals surface area contributed by atoms with E-state index in [0.717, 1.165) is 18.2 Å². The Morgan fingerprint density at radius 2 is 1.81 bits per heavy atom. The van der Waals surface area contributed by atoms with Crippen LogP contribution in [0.2, 0.25) is 5.28 Å². The molecular formula is C10H6ClF2N3. The van der Waals surface area contributed by atoms with Crippen molar-refractivity contribution in [2.24, 2.45) is 0 Å². The van der Waals surface area contributed by atoms with Crippen molar-refractivity contribution < 1.29 is 8.78 Å². The highest BCUT2D eigenvalue weighted by atomic mass is 35.5. The highest BCUT2D eigenvalue weighted by Crippen LogP contribution is 2.17. The van der Waals surface area contributed by atoms with Crippen LogP contribution in [-0.2, 0) is 0 Å². The van der Waals surface area contributed by atoms with Crippen LogP contribution in [0.25, 0.3) is 0 Å². The molecule has 1 aromatic carbocycles. The molecule has 0 aliphatic heterocycles. The monoisotopic (exact) mass is 241 g/mol. The Morgan fingerprint density at radius 1 is 1.12 bits per heavy atom. The molecule has 1 aromatic heterocycles. The fourth-order valence-corrected chi connectivity index (χ4v) is 1.33. The highest BCUT2D eigenvalue weighted by Gasteiger charge is 2.02. The van der Waals surface area contributed by atoms with Gasteiger partial charge in [0, 0.05) is 18.0 Å². The van der Waals surface area contributed by atoms with Crippen molar-refractivity contribution in [3.8, 4) is 0 Å². The number of rotatable bonds is 2. The predicted molar refractivity (Wildman–Crippen MR) is 56.7 cm³/mol. The van der Waals surface area contributed by atoms with Crippen LogP contribution in [0.15, 0.2) is 30.5 Å². The summed E-state index contributed by atoms with van der Waals surface area (Å²) in [4.78, 5) is 7.51. The van der Waals surface area contributed by atoms with Gasteiger partial charge in [0.25, 0.3) is 0 Å². The van der Waals surface area contributed by atoms with Crippen molar-refractivity contribution in [1.29, 1.82) is 0 Å². The van der Waals surface area contributed by atoms with E-state index in [0.29, 0.717) is 5.82 Å². The van der Waals surface area contributed by atoms with E-state index in [-0.39, 0.29) is 11.0 Å². The topological polar surface area (TPSA) is 37.8 Å². The largest absolute Gasteiger partial charge is 0.340 e. The Labute approximate surface area is 95.1 Å². The standard InChI is InChI=1S/C10H6ClF2N3/c11-10-14-2-1-9(16-10)15-8-4-6(12)3-7(13)5-8/h1-5H,(H,14,15,16). The molecule has 82 valence electrons. The first kappa shape index (κ1) is 10.8. The number of anilines is 2. The summed E-state index contributed by atoms with van der Waals surface area (Å²) in [5.41, 5.74) is 0.257. The number of hydrogen-bond donors (Lipinski definition) is 1. The van der Waals surface area contributed by atoms with Crippen LogP contribution < -0.4 is 5.32 Å². The first-order valence-electron chi connectivity index (χ1n) is 4.35. The van der Waals surface area contributed by atoms with Gasteiger partial charge in [-0.05, 0) is 29.8 Å². The molecule has 0 aliphatic carbocycles. The Balaban J connectivity index is 2.27. The second-order valence-corrected chi connectivity index (χ2v) is 3.33. The van der Waals surface area contributed by atoms with Crippen LogP contribution in [0.1, 0.15) is 0 Å². The maximum atomic E-state index is 12.9. The summed E-state index contributed by atoms with van der Waals surface area (Å²) in [6.45, 7) is 0. The number of benzene rings is 1. The Kier molecular flexibility index (Phi) is 2.96. The summed E-state index contributed by atoms with van der Waals surface area (Å²) < 4.78 is 25.7. The predicted octanol–water partition coefficient (Wildman–Crippen LogP) is 3.15. The normalized spacial score (nSPS) is 10.2. The molecule has 2 rings (SSSR count). The molecule has 1 N–H and O–H groups in total. The van der Waals surface area contributed by atoms with Crippen molar-refractivity contribution >= 4 is 23.1 Å². The maximum absolute atomic E-state index is 12.9. The first-order valence-corrected chi connectivity index (χ1v) is 4.73. The van der Waals surface area contributed by atoms with Crippen LogP contribution in [0, 0.1) is 11.6 Å². The Bertz CT molecular complexity index is 499. The van der Waals surface area contributed by atoms with E-state index in [1.807, 2.05) is 0 Å². The van der Waals surface area contributed by atoms with E-state index < -0.39 is 11.6 Å². The summed E-state index contributed by atoms with van der Waals surface area (Å²) in [6, 6.07) is 4.63. The summed E-state index contributed by atoms with van der Waals surface area (Å²) in [5.74, 6) is -0.963. The van der Waals surface area contributed by atoms with E-state index in [4.69, 9.17) is 11.6 Å². The quantitative estimate of drug-likeness (QED) is 0.821. The summed E-state index contributed by atoms with van der Waals surface area (Å²) in [6.07, 6.45) is 1.44. The SMILES string of the molecule is Fc1cc(F)cc(Nc2ccnc(Cl)n2)c1. The molecule has 6 heteroatoms. The number of aromatic nitrogens is 2. The molecule has 0 fully saturated rings. The van der Waals surface area contributed by atoms with Crippen molar-refractivity contribution in [3.05, 3.63) is 47.4 Å². The molecule has 0 bridgehead atoms. The van der Waals surface area contributed by atoms with Crippen molar-refractivity contribution in [2.45, 2.75) is 0 Å². The lowest BCUT2D eigenvalue weighted by atomic mass is 10.3. The molecule has 0 saturated heterocycles. The van der Waals surface area contributed by atoms with Crippen LogP contribution in [-0.4, -0.2) is 9.97 Å².